The number of methoxy groups -OCH3 is 1. The summed E-state index contributed by atoms with van der Waals surface area (Å²) in [6, 6.07) is 12.1. The molecule has 1 aromatic heterocycles. The number of hydrogen-bond donors (Lipinski definition) is 0. The zero-order valence-corrected chi connectivity index (χ0v) is 16.9. The lowest BCUT2D eigenvalue weighted by atomic mass is 10.00. The number of halogens is 3. The van der Waals surface area contributed by atoms with Crippen molar-refractivity contribution >= 4 is 10.9 Å². The number of fused-ring (bicyclic) bond motifs is 3. The number of aromatic nitrogens is 1. The molecule has 6 heteroatoms. The molecule has 0 fully saturated rings. The molecule has 0 saturated carbocycles. The number of alkyl halides is 3. The summed E-state index contributed by atoms with van der Waals surface area (Å²) >= 11 is 0. The normalized spacial score (nSPS) is 17.5. The van der Waals surface area contributed by atoms with Crippen LogP contribution in [0.15, 0.2) is 42.5 Å². The minimum absolute atomic E-state index is 0.443. The van der Waals surface area contributed by atoms with Gasteiger partial charge in [0, 0.05) is 42.1 Å². The lowest BCUT2D eigenvalue weighted by molar-refractivity contribution is -0.137. The van der Waals surface area contributed by atoms with E-state index in [-0.39, 0.29) is 0 Å². The van der Waals surface area contributed by atoms with Crippen LogP contribution in [0.4, 0.5) is 13.2 Å². The molecule has 2 heterocycles. The quantitative estimate of drug-likeness (QED) is 0.590. The van der Waals surface area contributed by atoms with Crippen molar-refractivity contribution in [3.8, 4) is 5.75 Å². The van der Waals surface area contributed by atoms with Crippen molar-refractivity contribution in [1.29, 1.82) is 0 Å². The molecule has 29 heavy (non-hydrogen) atoms. The second kappa shape index (κ2) is 7.41. The van der Waals surface area contributed by atoms with E-state index in [1.54, 1.807) is 19.2 Å². The number of benzene rings is 2. The summed E-state index contributed by atoms with van der Waals surface area (Å²) in [5.41, 5.74) is 4.11. The average Bonchev–Trinajstić information content (AvgIpc) is 2.98. The van der Waals surface area contributed by atoms with E-state index in [0.29, 0.717) is 12.5 Å². The summed E-state index contributed by atoms with van der Waals surface area (Å²) in [7, 11) is 3.81. The van der Waals surface area contributed by atoms with Gasteiger partial charge in [-0.15, -0.1) is 0 Å². The first-order valence-corrected chi connectivity index (χ1v) is 9.82. The highest BCUT2D eigenvalue weighted by molar-refractivity contribution is 5.87. The van der Waals surface area contributed by atoms with E-state index in [1.807, 2.05) is 6.07 Å². The molecule has 4 rings (SSSR count). The zero-order chi connectivity index (χ0) is 20.8. The van der Waals surface area contributed by atoms with Gasteiger partial charge in [0.2, 0.25) is 0 Å². The summed E-state index contributed by atoms with van der Waals surface area (Å²) in [6.07, 6.45) is -2.66. The molecule has 0 N–H and O–H groups in total. The molecule has 0 amide bonds. The van der Waals surface area contributed by atoms with Crippen LogP contribution in [-0.2, 0) is 32.1 Å². The summed E-state index contributed by atoms with van der Waals surface area (Å²) in [6.45, 7) is 3.84. The Labute approximate surface area is 168 Å². The molecule has 0 bridgehead atoms. The van der Waals surface area contributed by atoms with Gasteiger partial charge >= 0.3 is 6.18 Å². The van der Waals surface area contributed by atoms with Crippen molar-refractivity contribution in [2.24, 2.45) is 0 Å². The van der Waals surface area contributed by atoms with Gasteiger partial charge in [-0.05, 0) is 61.9 Å². The van der Waals surface area contributed by atoms with Gasteiger partial charge in [-0.3, -0.25) is 4.90 Å². The highest BCUT2D eigenvalue weighted by Crippen LogP contribution is 2.35. The number of likely N-dealkylation sites (N-methyl/N-ethyl adjacent to an activating group) is 1. The van der Waals surface area contributed by atoms with Gasteiger partial charge in [0.25, 0.3) is 0 Å². The molecule has 3 nitrogen and oxygen atoms in total. The van der Waals surface area contributed by atoms with Crippen molar-refractivity contribution in [2.75, 3.05) is 14.2 Å². The van der Waals surface area contributed by atoms with Crippen LogP contribution in [0.1, 0.15) is 29.3 Å². The molecule has 2 aromatic carbocycles. The lowest BCUT2D eigenvalue weighted by Crippen LogP contribution is -2.35. The first-order chi connectivity index (χ1) is 13.8. The Morgan fingerprint density at radius 3 is 2.48 bits per heavy atom. The number of nitrogens with zero attached hydrogens (tertiary/aromatic N) is 2. The van der Waals surface area contributed by atoms with Crippen LogP contribution in [-0.4, -0.2) is 29.7 Å². The van der Waals surface area contributed by atoms with Gasteiger partial charge in [-0.25, -0.2) is 0 Å². The highest BCUT2D eigenvalue weighted by Gasteiger charge is 2.30. The van der Waals surface area contributed by atoms with Crippen molar-refractivity contribution in [3.63, 3.8) is 0 Å². The van der Waals surface area contributed by atoms with E-state index < -0.39 is 11.7 Å². The van der Waals surface area contributed by atoms with Gasteiger partial charge < -0.3 is 9.30 Å². The van der Waals surface area contributed by atoms with E-state index in [0.717, 1.165) is 36.3 Å². The largest absolute Gasteiger partial charge is 0.497 e. The third kappa shape index (κ3) is 3.73. The van der Waals surface area contributed by atoms with E-state index >= 15 is 0 Å². The molecular weight excluding hydrogens is 377 g/mol. The Bertz CT molecular complexity index is 1020. The molecule has 1 unspecified atom stereocenters. The fourth-order valence-corrected chi connectivity index (χ4v) is 4.19. The summed E-state index contributed by atoms with van der Waals surface area (Å²) in [5, 5.41) is 1.20. The third-order valence-electron chi connectivity index (χ3n) is 6.05. The van der Waals surface area contributed by atoms with Crippen LogP contribution in [0.3, 0.4) is 0 Å². The van der Waals surface area contributed by atoms with E-state index in [2.05, 4.69) is 35.6 Å². The van der Waals surface area contributed by atoms with Gasteiger partial charge in [-0.2, -0.15) is 13.2 Å². The minimum Gasteiger partial charge on any atom is -0.497 e. The van der Waals surface area contributed by atoms with E-state index in [9.17, 15) is 13.2 Å². The maximum absolute atomic E-state index is 12.8. The second-order valence-electron chi connectivity index (χ2n) is 7.87. The predicted molar refractivity (Wildman–Crippen MR) is 108 cm³/mol. The summed E-state index contributed by atoms with van der Waals surface area (Å²) < 4.78 is 46.2. The first-order valence-electron chi connectivity index (χ1n) is 9.82. The summed E-state index contributed by atoms with van der Waals surface area (Å²) in [4.78, 5) is 2.35. The van der Waals surface area contributed by atoms with Crippen molar-refractivity contribution in [3.05, 3.63) is 64.8 Å². The molecule has 0 spiro atoms. The SMILES string of the molecule is COc1ccc2c(c1)c1c(n2CCc2ccc(C(F)(F)F)cc2)CC(C)N(C)C1. The number of rotatable bonds is 4. The smallest absolute Gasteiger partial charge is 0.416 e. The van der Waals surface area contributed by atoms with Gasteiger partial charge in [-0.1, -0.05) is 12.1 Å². The van der Waals surface area contributed by atoms with Crippen LogP contribution >= 0.6 is 0 Å². The molecule has 1 atom stereocenters. The third-order valence-corrected chi connectivity index (χ3v) is 6.05. The average molecular weight is 402 g/mol. The molecule has 0 radical (unpaired) electrons. The second-order valence-corrected chi connectivity index (χ2v) is 7.87. The Hall–Kier alpha value is -2.47. The zero-order valence-electron chi connectivity index (χ0n) is 16.9. The van der Waals surface area contributed by atoms with Gasteiger partial charge in [0.05, 0.1) is 12.7 Å². The van der Waals surface area contributed by atoms with E-state index in [4.69, 9.17) is 4.74 Å². The molecule has 3 aromatic rings. The fourth-order valence-electron chi connectivity index (χ4n) is 4.19. The maximum Gasteiger partial charge on any atom is 0.416 e. The maximum atomic E-state index is 12.8. The molecule has 1 aliphatic heterocycles. The Morgan fingerprint density at radius 2 is 1.83 bits per heavy atom. The standard InChI is InChI=1S/C23H25F3N2O/c1-15-12-22-20(14-27(15)2)19-13-18(29-3)8-9-21(19)28(22)11-10-16-4-6-17(7-5-16)23(24,25)26/h4-9,13,15H,10-12,14H2,1-3H3. The van der Waals surface area contributed by atoms with Crippen LogP contribution in [0, 0.1) is 0 Å². The monoisotopic (exact) mass is 402 g/mol. The number of aryl methyl sites for hydroxylation is 2. The van der Waals surface area contributed by atoms with Crippen molar-refractivity contribution in [1.82, 2.24) is 9.47 Å². The highest BCUT2D eigenvalue weighted by atomic mass is 19.4. The van der Waals surface area contributed by atoms with Gasteiger partial charge in [0.1, 0.15) is 5.75 Å². The molecular formula is C23H25F3N2O. The Morgan fingerprint density at radius 1 is 1.10 bits per heavy atom. The lowest BCUT2D eigenvalue weighted by Gasteiger charge is -2.31. The molecule has 1 aliphatic rings. The molecule has 0 aliphatic carbocycles. The Kier molecular flexibility index (Phi) is 5.07. The molecule has 0 saturated heterocycles. The number of ether oxygens (including phenoxy) is 1. The molecule has 154 valence electrons. The van der Waals surface area contributed by atoms with Crippen molar-refractivity contribution < 1.29 is 17.9 Å². The number of hydrogen-bond acceptors (Lipinski definition) is 2. The van der Waals surface area contributed by atoms with Crippen LogP contribution < -0.4 is 4.74 Å². The van der Waals surface area contributed by atoms with Crippen LogP contribution in [0.25, 0.3) is 10.9 Å². The van der Waals surface area contributed by atoms with E-state index in [1.165, 1.54) is 28.8 Å². The fraction of sp³-hybridized carbons (Fsp3) is 0.391. The topological polar surface area (TPSA) is 17.4 Å². The van der Waals surface area contributed by atoms with Gasteiger partial charge in [0.15, 0.2) is 0 Å². The predicted octanol–water partition coefficient (Wildman–Crippen LogP) is 5.29. The first kappa shape index (κ1) is 19.8. The minimum atomic E-state index is -4.30. The van der Waals surface area contributed by atoms with Crippen LogP contribution in [0.5, 0.6) is 5.75 Å². The van der Waals surface area contributed by atoms with Crippen molar-refractivity contribution in [2.45, 2.75) is 45.1 Å². The van der Waals surface area contributed by atoms with Crippen LogP contribution in [0.2, 0.25) is 0 Å². The summed E-state index contributed by atoms with van der Waals surface area (Å²) in [5.74, 6) is 0.835. The Balaban J connectivity index is 1.67.